The maximum absolute atomic E-state index is 12.3. The van der Waals surface area contributed by atoms with Gasteiger partial charge < -0.3 is 15.5 Å². The summed E-state index contributed by atoms with van der Waals surface area (Å²) in [4.78, 5) is 19.8. The number of thiophene rings is 1. The fourth-order valence-corrected chi connectivity index (χ4v) is 3.42. The lowest BCUT2D eigenvalue weighted by Gasteiger charge is -2.27. The summed E-state index contributed by atoms with van der Waals surface area (Å²) in [5.74, 6) is 0.839. The third-order valence-electron chi connectivity index (χ3n) is 3.86. The molecule has 2 N–H and O–H groups in total. The van der Waals surface area contributed by atoms with Gasteiger partial charge in [0.2, 0.25) is 5.91 Å². The van der Waals surface area contributed by atoms with Crippen LogP contribution in [-0.2, 0) is 17.8 Å². The minimum absolute atomic E-state index is 0.133. The first-order valence-electron chi connectivity index (χ1n) is 8.02. The largest absolute Gasteiger partial charge is 0.356 e. The van der Waals surface area contributed by atoms with Crippen molar-refractivity contribution in [1.82, 2.24) is 15.5 Å². The first kappa shape index (κ1) is 16.8. The molecule has 1 aromatic heterocycles. The van der Waals surface area contributed by atoms with Gasteiger partial charge in [0, 0.05) is 31.6 Å². The molecule has 0 saturated carbocycles. The predicted octanol–water partition coefficient (Wildman–Crippen LogP) is 1.99. The van der Waals surface area contributed by atoms with Crippen molar-refractivity contribution in [3.63, 3.8) is 0 Å². The summed E-state index contributed by atoms with van der Waals surface area (Å²) in [6.07, 6.45) is 4.51. The van der Waals surface area contributed by atoms with Crippen LogP contribution in [0.25, 0.3) is 0 Å². The zero-order valence-corrected chi connectivity index (χ0v) is 14.3. The zero-order valence-electron chi connectivity index (χ0n) is 13.5. The summed E-state index contributed by atoms with van der Waals surface area (Å²) in [5, 5.41) is 8.47. The third-order valence-corrected chi connectivity index (χ3v) is 4.89. The summed E-state index contributed by atoms with van der Waals surface area (Å²) < 4.78 is 0. The van der Waals surface area contributed by atoms with Crippen LogP contribution in [0.1, 0.15) is 36.6 Å². The maximum atomic E-state index is 12.3. The van der Waals surface area contributed by atoms with E-state index in [-0.39, 0.29) is 5.91 Å². The normalized spacial score (nSPS) is 14.6. The average molecular weight is 322 g/mol. The van der Waals surface area contributed by atoms with Gasteiger partial charge in [-0.05, 0) is 29.9 Å². The highest BCUT2D eigenvalue weighted by atomic mass is 32.1. The second kappa shape index (κ2) is 8.78. The summed E-state index contributed by atoms with van der Waals surface area (Å²) >= 11 is 1.79. The standard InChI is InChI=1S/C16H26N4OS/c1-3-4-5-8-18-16(17-2)19-11-15(21)20-9-6-14-13(12-20)7-10-22-14/h7,10H,3-6,8-9,11-12H2,1-2H3,(H2,17,18,19). The summed E-state index contributed by atoms with van der Waals surface area (Å²) in [7, 11) is 1.73. The minimum atomic E-state index is 0.133. The number of nitrogens with one attached hydrogen (secondary N) is 2. The van der Waals surface area contributed by atoms with Gasteiger partial charge in [0.25, 0.3) is 0 Å². The van der Waals surface area contributed by atoms with E-state index in [1.807, 2.05) is 4.90 Å². The van der Waals surface area contributed by atoms with E-state index in [0.29, 0.717) is 12.5 Å². The van der Waals surface area contributed by atoms with Gasteiger partial charge in [-0.3, -0.25) is 9.79 Å². The highest BCUT2D eigenvalue weighted by Gasteiger charge is 2.21. The SMILES string of the molecule is CCCCCNC(=NC)NCC(=O)N1CCc2sccc2C1. The van der Waals surface area contributed by atoms with Gasteiger partial charge in [-0.25, -0.2) is 0 Å². The molecule has 0 aliphatic carbocycles. The predicted molar refractivity (Wildman–Crippen MR) is 92.3 cm³/mol. The molecule has 0 radical (unpaired) electrons. The molecule has 0 atom stereocenters. The summed E-state index contributed by atoms with van der Waals surface area (Å²) in [6.45, 7) is 4.93. The van der Waals surface area contributed by atoms with Crippen molar-refractivity contribution in [2.45, 2.75) is 39.2 Å². The average Bonchev–Trinajstić information content (AvgIpc) is 3.01. The van der Waals surface area contributed by atoms with Crippen molar-refractivity contribution in [3.05, 3.63) is 21.9 Å². The number of guanidine groups is 1. The highest BCUT2D eigenvalue weighted by molar-refractivity contribution is 7.10. The quantitative estimate of drug-likeness (QED) is 0.478. The molecule has 6 heteroatoms. The molecule has 1 aliphatic heterocycles. The number of rotatable bonds is 6. The third kappa shape index (κ3) is 4.73. The summed E-state index contributed by atoms with van der Waals surface area (Å²) in [6, 6.07) is 2.13. The fourth-order valence-electron chi connectivity index (χ4n) is 2.53. The van der Waals surface area contributed by atoms with Crippen molar-refractivity contribution in [2.24, 2.45) is 4.99 Å². The first-order chi connectivity index (χ1) is 10.7. The molecular formula is C16H26N4OS. The van der Waals surface area contributed by atoms with Gasteiger partial charge in [-0.1, -0.05) is 19.8 Å². The Morgan fingerprint density at radius 2 is 2.27 bits per heavy atom. The van der Waals surface area contributed by atoms with Crippen LogP contribution >= 0.6 is 11.3 Å². The Balaban J connectivity index is 1.73. The molecule has 1 amide bonds. The Hall–Kier alpha value is -1.56. The van der Waals surface area contributed by atoms with E-state index in [4.69, 9.17) is 0 Å². The molecule has 1 aromatic rings. The molecule has 0 spiro atoms. The molecule has 0 unspecified atom stereocenters. The molecular weight excluding hydrogens is 296 g/mol. The molecule has 5 nitrogen and oxygen atoms in total. The number of fused-ring (bicyclic) bond motifs is 1. The van der Waals surface area contributed by atoms with E-state index >= 15 is 0 Å². The number of aliphatic imine (C=N–C) groups is 1. The number of carbonyl (C=O) groups is 1. The van der Waals surface area contributed by atoms with E-state index in [2.05, 4.69) is 34.0 Å². The molecule has 0 fully saturated rings. The lowest BCUT2D eigenvalue weighted by atomic mass is 10.1. The Kier molecular flexibility index (Phi) is 6.71. The molecule has 0 bridgehead atoms. The molecule has 2 heterocycles. The van der Waals surface area contributed by atoms with Crippen molar-refractivity contribution in [3.8, 4) is 0 Å². The number of unbranched alkanes of at least 4 members (excludes halogenated alkanes) is 2. The number of hydrogen-bond donors (Lipinski definition) is 2. The molecule has 0 aromatic carbocycles. The Labute approximate surface area is 136 Å². The topological polar surface area (TPSA) is 56.7 Å². The van der Waals surface area contributed by atoms with Crippen molar-refractivity contribution in [2.75, 3.05) is 26.7 Å². The van der Waals surface area contributed by atoms with Crippen LogP contribution in [0.2, 0.25) is 0 Å². The Morgan fingerprint density at radius 3 is 3.05 bits per heavy atom. The second-order valence-electron chi connectivity index (χ2n) is 5.49. The number of nitrogens with zero attached hydrogens (tertiary/aromatic N) is 2. The van der Waals surface area contributed by atoms with Gasteiger partial charge in [0.05, 0.1) is 6.54 Å². The lowest BCUT2D eigenvalue weighted by molar-refractivity contribution is -0.130. The fraction of sp³-hybridized carbons (Fsp3) is 0.625. The van der Waals surface area contributed by atoms with Crippen molar-refractivity contribution >= 4 is 23.2 Å². The maximum Gasteiger partial charge on any atom is 0.242 e. The number of amides is 1. The zero-order chi connectivity index (χ0) is 15.8. The van der Waals surface area contributed by atoms with Gasteiger partial charge in [0.1, 0.15) is 0 Å². The van der Waals surface area contributed by atoms with E-state index < -0.39 is 0 Å². The Morgan fingerprint density at radius 1 is 1.41 bits per heavy atom. The number of hydrogen-bond acceptors (Lipinski definition) is 3. The first-order valence-corrected chi connectivity index (χ1v) is 8.90. The van der Waals surface area contributed by atoms with Crippen LogP contribution in [0.5, 0.6) is 0 Å². The number of carbonyl (C=O) groups excluding carboxylic acids is 1. The van der Waals surface area contributed by atoms with Crippen LogP contribution in [0.4, 0.5) is 0 Å². The molecule has 1 aliphatic rings. The van der Waals surface area contributed by atoms with Crippen LogP contribution in [-0.4, -0.2) is 43.4 Å². The second-order valence-corrected chi connectivity index (χ2v) is 6.49. The molecule has 0 saturated heterocycles. The van der Waals surface area contributed by atoms with E-state index in [1.165, 1.54) is 23.3 Å². The monoisotopic (exact) mass is 322 g/mol. The van der Waals surface area contributed by atoms with Crippen LogP contribution in [0.15, 0.2) is 16.4 Å². The smallest absolute Gasteiger partial charge is 0.242 e. The summed E-state index contributed by atoms with van der Waals surface area (Å²) in [5.41, 5.74) is 1.30. The molecule has 2 rings (SSSR count). The van der Waals surface area contributed by atoms with E-state index in [1.54, 1.807) is 18.4 Å². The lowest BCUT2D eigenvalue weighted by Crippen LogP contribution is -2.45. The van der Waals surface area contributed by atoms with Crippen LogP contribution in [0.3, 0.4) is 0 Å². The highest BCUT2D eigenvalue weighted by Crippen LogP contribution is 2.23. The van der Waals surface area contributed by atoms with E-state index in [0.717, 1.165) is 32.5 Å². The molecule has 122 valence electrons. The van der Waals surface area contributed by atoms with Gasteiger partial charge in [-0.2, -0.15) is 0 Å². The van der Waals surface area contributed by atoms with Gasteiger partial charge in [-0.15, -0.1) is 11.3 Å². The van der Waals surface area contributed by atoms with E-state index in [9.17, 15) is 4.79 Å². The minimum Gasteiger partial charge on any atom is -0.356 e. The van der Waals surface area contributed by atoms with Crippen LogP contribution < -0.4 is 10.6 Å². The van der Waals surface area contributed by atoms with Gasteiger partial charge >= 0.3 is 0 Å². The van der Waals surface area contributed by atoms with Crippen molar-refractivity contribution in [1.29, 1.82) is 0 Å². The molecule has 22 heavy (non-hydrogen) atoms. The van der Waals surface area contributed by atoms with Gasteiger partial charge in [0.15, 0.2) is 5.96 Å². The van der Waals surface area contributed by atoms with Crippen LogP contribution in [0, 0.1) is 0 Å². The Bertz CT molecular complexity index is 512. The van der Waals surface area contributed by atoms with Crippen molar-refractivity contribution < 1.29 is 4.79 Å².